The van der Waals surface area contributed by atoms with Gasteiger partial charge in [0.05, 0.1) is 4.90 Å². The Labute approximate surface area is 190 Å². The van der Waals surface area contributed by atoms with Gasteiger partial charge in [-0.3, -0.25) is 4.79 Å². The monoisotopic (exact) mass is 448 g/mol. The van der Waals surface area contributed by atoms with E-state index >= 15 is 0 Å². The molecule has 0 saturated heterocycles. The van der Waals surface area contributed by atoms with E-state index in [9.17, 15) is 13.2 Å². The molecule has 4 rings (SSSR count). The molecule has 1 N–H and O–H groups in total. The van der Waals surface area contributed by atoms with Crippen LogP contribution in [0.2, 0.25) is 0 Å². The summed E-state index contributed by atoms with van der Waals surface area (Å²) in [4.78, 5) is 12.9. The summed E-state index contributed by atoms with van der Waals surface area (Å²) in [6.07, 6.45) is 5.14. The Morgan fingerprint density at radius 3 is 2.03 bits per heavy atom. The summed E-state index contributed by atoms with van der Waals surface area (Å²) in [5, 5.41) is 2.84. The van der Waals surface area contributed by atoms with Crippen molar-refractivity contribution in [1.82, 2.24) is 4.31 Å². The SMILES string of the molecule is CN(C1CCCCC1)S(=O)(=O)c1ccc(NC(=O)c2ccc(-c3ccccc3)cc2)cc1. The Morgan fingerprint density at radius 2 is 1.41 bits per heavy atom. The van der Waals surface area contributed by atoms with E-state index in [1.165, 1.54) is 10.7 Å². The first-order chi connectivity index (χ1) is 15.4. The van der Waals surface area contributed by atoms with Crippen molar-refractivity contribution in [2.45, 2.75) is 43.0 Å². The summed E-state index contributed by atoms with van der Waals surface area (Å²) >= 11 is 0. The molecule has 3 aromatic rings. The maximum Gasteiger partial charge on any atom is 0.255 e. The zero-order valence-corrected chi connectivity index (χ0v) is 19.0. The summed E-state index contributed by atoms with van der Waals surface area (Å²) < 4.78 is 27.5. The smallest absolute Gasteiger partial charge is 0.255 e. The fourth-order valence-electron chi connectivity index (χ4n) is 4.17. The number of hydrogen-bond acceptors (Lipinski definition) is 3. The lowest BCUT2D eigenvalue weighted by molar-refractivity contribution is 0.102. The second-order valence-corrected chi connectivity index (χ2v) is 10.2. The lowest BCUT2D eigenvalue weighted by Crippen LogP contribution is -2.38. The van der Waals surface area contributed by atoms with E-state index < -0.39 is 10.0 Å². The van der Waals surface area contributed by atoms with Crippen molar-refractivity contribution in [2.24, 2.45) is 0 Å². The molecular weight excluding hydrogens is 420 g/mol. The third kappa shape index (κ3) is 4.92. The van der Waals surface area contributed by atoms with Crippen LogP contribution >= 0.6 is 0 Å². The highest BCUT2D eigenvalue weighted by Crippen LogP contribution is 2.27. The lowest BCUT2D eigenvalue weighted by Gasteiger charge is -2.30. The Morgan fingerprint density at radius 1 is 0.812 bits per heavy atom. The molecule has 1 aliphatic carbocycles. The van der Waals surface area contributed by atoms with Crippen molar-refractivity contribution in [3.05, 3.63) is 84.4 Å². The van der Waals surface area contributed by atoms with Gasteiger partial charge in [0.1, 0.15) is 0 Å². The first-order valence-corrected chi connectivity index (χ1v) is 12.4. The van der Waals surface area contributed by atoms with Crippen LogP contribution in [0.1, 0.15) is 42.5 Å². The van der Waals surface area contributed by atoms with Gasteiger partial charge in [0, 0.05) is 24.3 Å². The van der Waals surface area contributed by atoms with Gasteiger partial charge in [-0.1, -0.05) is 61.7 Å². The fourth-order valence-corrected chi connectivity index (χ4v) is 5.58. The van der Waals surface area contributed by atoms with Gasteiger partial charge in [-0.15, -0.1) is 0 Å². The largest absolute Gasteiger partial charge is 0.322 e. The van der Waals surface area contributed by atoms with Gasteiger partial charge in [0.15, 0.2) is 0 Å². The van der Waals surface area contributed by atoms with Crippen LogP contribution in [0.3, 0.4) is 0 Å². The first-order valence-electron chi connectivity index (χ1n) is 11.0. The first kappa shape index (κ1) is 22.2. The third-order valence-corrected chi connectivity index (χ3v) is 8.06. The molecule has 0 unspecified atom stereocenters. The average Bonchev–Trinajstić information content (AvgIpc) is 2.85. The minimum atomic E-state index is -3.55. The normalized spacial score (nSPS) is 14.9. The number of rotatable bonds is 6. The van der Waals surface area contributed by atoms with Gasteiger partial charge in [-0.25, -0.2) is 8.42 Å². The second-order valence-electron chi connectivity index (χ2n) is 8.23. The summed E-state index contributed by atoms with van der Waals surface area (Å²) in [6, 6.07) is 23.8. The zero-order chi connectivity index (χ0) is 22.6. The molecule has 1 amide bonds. The van der Waals surface area contributed by atoms with Crippen molar-refractivity contribution in [2.75, 3.05) is 12.4 Å². The van der Waals surface area contributed by atoms with Crippen LogP contribution in [0, 0.1) is 0 Å². The summed E-state index contributed by atoms with van der Waals surface area (Å²) in [5.74, 6) is -0.237. The molecule has 166 valence electrons. The van der Waals surface area contributed by atoms with E-state index in [2.05, 4.69) is 5.32 Å². The molecular formula is C26H28N2O3S. The highest BCUT2D eigenvalue weighted by Gasteiger charge is 2.28. The molecule has 1 aliphatic rings. The molecule has 0 aliphatic heterocycles. The van der Waals surface area contributed by atoms with E-state index in [-0.39, 0.29) is 16.8 Å². The number of sulfonamides is 1. The number of nitrogens with zero attached hydrogens (tertiary/aromatic N) is 1. The second kappa shape index (κ2) is 9.67. The highest BCUT2D eigenvalue weighted by molar-refractivity contribution is 7.89. The van der Waals surface area contributed by atoms with Gasteiger partial charge in [-0.05, 0) is 60.4 Å². The molecule has 3 aromatic carbocycles. The average molecular weight is 449 g/mol. The predicted molar refractivity (Wildman–Crippen MR) is 128 cm³/mol. The van der Waals surface area contributed by atoms with Crippen LogP contribution in [0.25, 0.3) is 11.1 Å². The van der Waals surface area contributed by atoms with Crippen LogP contribution in [-0.2, 0) is 10.0 Å². The van der Waals surface area contributed by atoms with Gasteiger partial charge in [0.25, 0.3) is 5.91 Å². The maximum absolute atomic E-state index is 13.0. The van der Waals surface area contributed by atoms with Crippen LogP contribution in [0.4, 0.5) is 5.69 Å². The molecule has 0 atom stereocenters. The van der Waals surface area contributed by atoms with E-state index in [4.69, 9.17) is 0 Å². The zero-order valence-electron chi connectivity index (χ0n) is 18.2. The van der Waals surface area contributed by atoms with Crippen molar-refractivity contribution in [1.29, 1.82) is 0 Å². The molecule has 1 saturated carbocycles. The van der Waals surface area contributed by atoms with E-state index in [1.54, 1.807) is 43.4 Å². The Hall–Kier alpha value is -2.96. The topological polar surface area (TPSA) is 66.5 Å². The van der Waals surface area contributed by atoms with Crippen LogP contribution < -0.4 is 5.32 Å². The van der Waals surface area contributed by atoms with Crippen molar-refractivity contribution < 1.29 is 13.2 Å². The van der Waals surface area contributed by atoms with Crippen molar-refractivity contribution >= 4 is 21.6 Å². The van der Waals surface area contributed by atoms with E-state index in [1.807, 2.05) is 42.5 Å². The number of amides is 1. The molecule has 5 nitrogen and oxygen atoms in total. The number of carbonyl (C=O) groups is 1. The van der Waals surface area contributed by atoms with Gasteiger partial charge in [0.2, 0.25) is 10.0 Å². The number of benzene rings is 3. The fraction of sp³-hybridized carbons (Fsp3) is 0.269. The van der Waals surface area contributed by atoms with Crippen LogP contribution in [0.15, 0.2) is 83.8 Å². The number of nitrogens with one attached hydrogen (secondary N) is 1. The molecule has 32 heavy (non-hydrogen) atoms. The third-order valence-electron chi connectivity index (χ3n) is 6.13. The number of carbonyl (C=O) groups excluding carboxylic acids is 1. The Kier molecular flexibility index (Phi) is 6.72. The standard InChI is InChI=1S/C26H28N2O3S/c1-28(24-10-6-3-7-11-24)32(30,31)25-18-16-23(17-19-25)27-26(29)22-14-12-21(13-15-22)20-8-4-2-5-9-20/h2,4-5,8-9,12-19,24H,3,6-7,10-11H2,1H3,(H,27,29). The summed E-state index contributed by atoms with van der Waals surface area (Å²) in [5.41, 5.74) is 3.23. The Bertz CT molecular complexity index is 1150. The molecule has 0 heterocycles. The molecule has 0 spiro atoms. The molecule has 1 fully saturated rings. The summed E-state index contributed by atoms with van der Waals surface area (Å²) in [6.45, 7) is 0. The quantitative estimate of drug-likeness (QED) is 0.537. The predicted octanol–water partition coefficient (Wildman–Crippen LogP) is 5.56. The number of anilines is 1. The Balaban J connectivity index is 1.42. The van der Waals surface area contributed by atoms with E-state index in [0.717, 1.165) is 36.8 Å². The molecule has 6 heteroatoms. The van der Waals surface area contributed by atoms with Crippen LogP contribution in [-0.4, -0.2) is 31.7 Å². The maximum atomic E-state index is 13.0. The summed E-state index contributed by atoms with van der Waals surface area (Å²) in [7, 11) is -1.88. The highest BCUT2D eigenvalue weighted by atomic mass is 32.2. The van der Waals surface area contributed by atoms with E-state index in [0.29, 0.717) is 11.3 Å². The lowest BCUT2D eigenvalue weighted by atomic mass is 9.96. The molecule has 0 radical (unpaired) electrons. The van der Waals surface area contributed by atoms with Gasteiger partial charge >= 0.3 is 0 Å². The minimum Gasteiger partial charge on any atom is -0.322 e. The molecule has 0 bridgehead atoms. The van der Waals surface area contributed by atoms with Crippen LogP contribution in [0.5, 0.6) is 0 Å². The number of hydrogen-bond donors (Lipinski definition) is 1. The van der Waals surface area contributed by atoms with Crippen molar-refractivity contribution in [3.63, 3.8) is 0 Å². The van der Waals surface area contributed by atoms with Gasteiger partial charge in [-0.2, -0.15) is 4.31 Å². The van der Waals surface area contributed by atoms with Crippen molar-refractivity contribution in [3.8, 4) is 11.1 Å². The van der Waals surface area contributed by atoms with Gasteiger partial charge < -0.3 is 5.32 Å². The molecule has 0 aromatic heterocycles. The minimum absolute atomic E-state index is 0.0620.